The van der Waals surface area contributed by atoms with Crippen LogP contribution < -0.4 is 5.32 Å². The minimum absolute atomic E-state index is 0.0653. The molecule has 2 aliphatic heterocycles. The minimum atomic E-state index is -1.39. The van der Waals surface area contributed by atoms with Crippen molar-refractivity contribution < 1.29 is 43.3 Å². The van der Waals surface area contributed by atoms with Gasteiger partial charge in [-0.3, -0.25) is 19.2 Å². The molecule has 5 rings (SSSR count). The largest absolute Gasteiger partial charge is 0.460 e. The molecule has 2 heterocycles. The van der Waals surface area contributed by atoms with Gasteiger partial charge in [0.25, 0.3) is 0 Å². The smallest absolute Gasteiger partial charge is 0.332 e. The van der Waals surface area contributed by atoms with E-state index in [1.807, 2.05) is 42.5 Å². The highest BCUT2D eigenvalue weighted by atomic mass is 16.7. The first-order valence-electron chi connectivity index (χ1n) is 14.7. The van der Waals surface area contributed by atoms with Crippen molar-refractivity contribution >= 4 is 40.5 Å². The molecule has 2 fully saturated rings. The molecular formula is C34H36N2O9. The Bertz CT molecular complexity index is 1620. The van der Waals surface area contributed by atoms with Gasteiger partial charge in [-0.25, -0.2) is 4.79 Å². The molecule has 236 valence electrons. The monoisotopic (exact) mass is 616 g/mol. The van der Waals surface area contributed by atoms with Crippen LogP contribution in [-0.4, -0.2) is 70.8 Å². The summed E-state index contributed by atoms with van der Waals surface area (Å²) in [6.07, 6.45) is -1.17. The number of β-lactam (4-membered cyclic amide) rings is 1. The standard InChI is InChI=1S/C34H36N2O9/c1-19-26(32(41)44-18-45-33(42)34(2,3)4)36-27(28(19)37)25(30(36)39)35-29(38)24(22-11-6-5-7-12-22)31(40)43-17-20-14-15-21-10-8-9-13-23(21)16-20/h5-16,19,24-28,37H,17-18H2,1-4H3,(H,35,38)/t19?,24?,25?,26?,27-,28?/m0/s1. The third-order valence-corrected chi connectivity index (χ3v) is 8.24. The highest BCUT2D eigenvalue weighted by Gasteiger charge is 2.64. The Hall–Kier alpha value is -4.77. The molecule has 0 radical (unpaired) electrons. The Morgan fingerprint density at radius 1 is 0.911 bits per heavy atom. The SMILES string of the molecule is CC1C(O)[C@@H]2C(NC(=O)C(C(=O)OCc3ccc4ccccc4c3)c3ccccc3)C(=O)N2C1C(=O)OCOC(=O)C(C)(C)C. The number of hydrogen-bond donors (Lipinski definition) is 2. The zero-order valence-electron chi connectivity index (χ0n) is 25.5. The van der Waals surface area contributed by atoms with Gasteiger partial charge in [0, 0.05) is 5.92 Å². The summed E-state index contributed by atoms with van der Waals surface area (Å²) in [6, 6.07) is 18.5. The quantitative estimate of drug-likeness (QED) is 0.160. The van der Waals surface area contributed by atoms with E-state index in [-0.39, 0.29) is 6.61 Å². The molecule has 6 atom stereocenters. The fourth-order valence-corrected chi connectivity index (χ4v) is 5.73. The molecular weight excluding hydrogens is 580 g/mol. The van der Waals surface area contributed by atoms with Gasteiger partial charge in [-0.05, 0) is 48.7 Å². The van der Waals surface area contributed by atoms with Gasteiger partial charge in [-0.2, -0.15) is 0 Å². The second-order valence-corrected chi connectivity index (χ2v) is 12.4. The van der Waals surface area contributed by atoms with Crippen molar-refractivity contribution in [1.29, 1.82) is 0 Å². The van der Waals surface area contributed by atoms with Crippen LogP contribution in [0.2, 0.25) is 0 Å². The van der Waals surface area contributed by atoms with Gasteiger partial charge in [0.15, 0.2) is 5.92 Å². The summed E-state index contributed by atoms with van der Waals surface area (Å²) in [5.41, 5.74) is 0.315. The fraction of sp³-hybridized carbons (Fsp3) is 0.382. The highest BCUT2D eigenvalue weighted by molar-refractivity contribution is 6.06. The number of carbonyl (C=O) groups is 5. The molecule has 2 N–H and O–H groups in total. The van der Waals surface area contributed by atoms with Crippen molar-refractivity contribution in [3.63, 3.8) is 0 Å². The number of aliphatic hydroxyl groups excluding tert-OH is 1. The van der Waals surface area contributed by atoms with Crippen LogP contribution >= 0.6 is 0 Å². The number of amides is 2. The van der Waals surface area contributed by atoms with Crippen molar-refractivity contribution in [1.82, 2.24) is 10.2 Å². The maximum Gasteiger partial charge on any atom is 0.332 e. The van der Waals surface area contributed by atoms with Crippen LogP contribution in [0.4, 0.5) is 0 Å². The van der Waals surface area contributed by atoms with Crippen molar-refractivity contribution in [3.8, 4) is 0 Å². The predicted molar refractivity (Wildman–Crippen MR) is 161 cm³/mol. The zero-order chi connectivity index (χ0) is 32.5. The van der Waals surface area contributed by atoms with E-state index in [0.29, 0.717) is 5.56 Å². The van der Waals surface area contributed by atoms with Crippen molar-refractivity contribution in [3.05, 3.63) is 83.9 Å². The zero-order valence-corrected chi connectivity index (χ0v) is 25.5. The second kappa shape index (κ2) is 12.7. The highest BCUT2D eigenvalue weighted by Crippen LogP contribution is 2.40. The molecule has 0 bridgehead atoms. The molecule has 45 heavy (non-hydrogen) atoms. The normalized spacial score (nSPS) is 23.0. The summed E-state index contributed by atoms with van der Waals surface area (Å²) in [4.78, 5) is 66.2. The maximum atomic E-state index is 13.6. The van der Waals surface area contributed by atoms with E-state index in [1.54, 1.807) is 58.0 Å². The molecule has 11 heteroatoms. The van der Waals surface area contributed by atoms with Gasteiger partial charge >= 0.3 is 17.9 Å². The lowest BCUT2D eigenvalue weighted by molar-refractivity contribution is -0.180. The predicted octanol–water partition coefficient (Wildman–Crippen LogP) is 2.83. The molecule has 5 unspecified atom stereocenters. The van der Waals surface area contributed by atoms with Gasteiger partial charge in [0.1, 0.15) is 18.7 Å². The number of benzene rings is 3. The molecule has 3 aromatic rings. The first-order valence-corrected chi connectivity index (χ1v) is 14.7. The van der Waals surface area contributed by atoms with Crippen LogP contribution in [0, 0.1) is 11.3 Å². The van der Waals surface area contributed by atoms with Gasteiger partial charge in [-0.1, -0.05) is 73.7 Å². The first kappa shape index (κ1) is 31.6. The van der Waals surface area contributed by atoms with Gasteiger partial charge < -0.3 is 29.5 Å². The lowest BCUT2D eigenvalue weighted by Crippen LogP contribution is -2.73. The second-order valence-electron chi connectivity index (χ2n) is 12.4. The van der Waals surface area contributed by atoms with Crippen molar-refractivity contribution in [2.24, 2.45) is 11.3 Å². The number of esters is 3. The molecule has 0 aliphatic carbocycles. The summed E-state index contributed by atoms with van der Waals surface area (Å²) < 4.78 is 15.7. The van der Waals surface area contributed by atoms with E-state index in [4.69, 9.17) is 14.2 Å². The van der Waals surface area contributed by atoms with Gasteiger partial charge in [-0.15, -0.1) is 0 Å². The molecule has 0 aromatic heterocycles. The summed E-state index contributed by atoms with van der Waals surface area (Å²) in [7, 11) is 0. The summed E-state index contributed by atoms with van der Waals surface area (Å²) in [5.74, 6) is -5.72. The van der Waals surface area contributed by atoms with E-state index in [9.17, 15) is 29.1 Å². The average molecular weight is 617 g/mol. The molecule has 3 aromatic carbocycles. The van der Waals surface area contributed by atoms with Crippen LogP contribution in [0.5, 0.6) is 0 Å². The van der Waals surface area contributed by atoms with Crippen LogP contribution in [0.15, 0.2) is 72.8 Å². The lowest BCUT2D eigenvalue weighted by Gasteiger charge is -2.45. The number of nitrogens with zero attached hydrogens (tertiary/aromatic N) is 1. The van der Waals surface area contributed by atoms with Crippen LogP contribution in [0.25, 0.3) is 10.8 Å². The Morgan fingerprint density at radius 3 is 2.27 bits per heavy atom. The first-order chi connectivity index (χ1) is 21.4. The van der Waals surface area contributed by atoms with E-state index < -0.39 is 78.0 Å². The number of carbonyl (C=O) groups excluding carboxylic acids is 5. The van der Waals surface area contributed by atoms with Gasteiger partial charge in [0.05, 0.1) is 17.6 Å². The number of rotatable bonds is 9. The number of aliphatic hydroxyl groups is 1. The van der Waals surface area contributed by atoms with E-state index in [2.05, 4.69) is 5.32 Å². The minimum Gasteiger partial charge on any atom is -0.460 e. The third-order valence-electron chi connectivity index (χ3n) is 8.24. The Kier molecular flexibility index (Phi) is 8.92. The van der Waals surface area contributed by atoms with Crippen LogP contribution in [0.1, 0.15) is 44.7 Å². The van der Waals surface area contributed by atoms with Crippen molar-refractivity contribution in [2.75, 3.05) is 6.79 Å². The number of ether oxygens (including phenoxy) is 3. The lowest BCUT2D eigenvalue weighted by atomic mass is 9.90. The fourth-order valence-electron chi connectivity index (χ4n) is 5.73. The van der Waals surface area contributed by atoms with Crippen LogP contribution in [0.3, 0.4) is 0 Å². The number of fused-ring (bicyclic) bond motifs is 2. The van der Waals surface area contributed by atoms with E-state index >= 15 is 0 Å². The molecule has 2 aliphatic rings. The van der Waals surface area contributed by atoms with E-state index in [0.717, 1.165) is 16.3 Å². The average Bonchev–Trinajstić information content (AvgIpc) is 3.25. The topological polar surface area (TPSA) is 149 Å². The number of nitrogens with one attached hydrogen (secondary N) is 1. The number of hydrogen-bond acceptors (Lipinski definition) is 9. The molecule has 2 saturated heterocycles. The summed E-state index contributed by atoms with van der Waals surface area (Å²) >= 11 is 0. The van der Waals surface area contributed by atoms with Crippen molar-refractivity contribution in [2.45, 2.75) is 64.4 Å². The Labute approximate surface area is 260 Å². The van der Waals surface area contributed by atoms with Gasteiger partial charge in [0.2, 0.25) is 18.6 Å². The maximum absolute atomic E-state index is 13.6. The van der Waals surface area contributed by atoms with E-state index in [1.165, 1.54) is 4.90 Å². The molecule has 0 saturated carbocycles. The molecule has 0 spiro atoms. The molecule has 2 amide bonds. The Balaban J connectivity index is 1.25. The molecule has 11 nitrogen and oxygen atoms in total. The van der Waals surface area contributed by atoms with Crippen LogP contribution in [-0.2, 0) is 44.8 Å². The summed E-state index contributed by atoms with van der Waals surface area (Å²) in [5, 5.41) is 15.6. The Morgan fingerprint density at radius 2 is 1.58 bits per heavy atom. The third kappa shape index (κ3) is 6.39. The summed E-state index contributed by atoms with van der Waals surface area (Å²) in [6.45, 7) is 5.83.